The van der Waals surface area contributed by atoms with Gasteiger partial charge in [0.1, 0.15) is 5.76 Å². The number of carbonyl (C=O) groups is 2. The minimum absolute atomic E-state index is 0.0304. The third kappa shape index (κ3) is 2.07. The molecule has 2 atom stereocenters. The van der Waals surface area contributed by atoms with E-state index in [1.807, 2.05) is 18.1 Å². The largest absolute Gasteiger partial charge is 0.469 e. The molecule has 0 N–H and O–H groups in total. The molecule has 2 aromatic heterocycles. The van der Waals surface area contributed by atoms with Gasteiger partial charge in [-0.25, -0.2) is 0 Å². The molecule has 0 bridgehead atoms. The maximum absolute atomic E-state index is 12.7. The third-order valence-corrected chi connectivity index (χ3v) is 4.81. The summed E-state index contributed by atoms with van der Waals surface area (Å²) in [6.45, 7) is 2.44. The number of anilines is 1. The van der Waals surface area contributed by atoms with E-state index in [9.17, 15) is 9.59 Å². The molecule has 2 amide bonds. The lowest BCUT2D eigenvalue weighted by atomic mass is 10.1. The summed E-state index contributed by atoms with van der Waals surface area (Å²) >= 11 is 0. The van der Waals surface area contributed by atoms with Crippen molar-refractivity contribution in [2.75, 3.05) is 11.4 Å². The van der Waals surface area contributed by atoms with Crippen molar-refractivity contribution in [1.82, 2.24) is 14.7 Å². The molecule has 2 fully saturated rings. The van der Waals surface area contributed by atoms with Gasteiger partial charge in [-0.2, -0.15) is 5.10 Å². The molecular formula is C16H18N4O3. The van der Waals surface area contributed by atoms with Crippen molar-refractivity contribution in [2.45, 2.75) is 31.8 Å². The Balaban J connectivity index is 1.61. The van der Waals surface area contributed by atoms with Crippen molar-refractivity contribution in [2.24, 2.45) is 7.05 Å². The first kappa shape index (κ1) is 14.0. The Bertz CT molecular complexity index is 778. The molecule has 4 heterocycles. The number of nitrogens with zero attached hydrogens (tertiary/aromatic N) is 4. The minimum Gasteiger partial charge on any atom is -0.469 e. The normalized spacial score (nSPS) is 23.7. The fourth-order valence-electron chi connectivity index (χ4n) is 3.73. The molecule has 2 aromatic rings. The number of furan rings is 1. The molecule has 0 spiro atoms. The lowest BCUT2D eigenvalue weighted by Crippen LogP contribution is -2.40. The molecule has 0 unspecified atom stereocenters. The molecule has 0 aromatic carbocycles. The van der Waals surface area contributed by atoms with E-state index >= 15 is 0 Å². The Morgan fingerprint density at radius 3 is 2.87 bits per heavy atom. The SMILES string of the molecule is Cc1occc1C(=O)N1CC[C@@H]2[C@@H]1CC(=O)N2c1cnn(C)c1. The second-order valence-corrected chi connectivity index (χ2v) is 6.15. The first-order valence-corrected chi connectivity index (χ1v) is 7.72. The van der Waals surface area contributed by atoms with E-state index in [1.54, 1.807) is 28.8 Å². The van der Waals surface area contributed by atoms with Crippen LogP contribution in [0.2, 0.25) is 0 Å². The first-order chi connectivity index (χ1) is 11.1. The topological polar surface area (TPSA) is 71.6 Å². The second-order valence-electron chi connectivity index (χ2n) is 6.15. The van der Waals surface area contributed by atoms with Gasteiger partial charge < -0.3 is 14.2 Å². The number of hydrogen-bond donors (Lipinski definition) is 0. The van der Waals surface area contributed by atoms with E-state index in [-0.39, 0.29) is 23.9 Å². The van der Waals surface area contributed by atoms with Crippen LogP contribution in [0.5, 0.6) is 0 Å². The molecule has 0 saturated carbocycles. The smallest absolute Gasteiger partial charge is 0.257 e. The molecule has 4 rings (SSSR count). The lowest BCUT2D eigenvalue weighted by Gasteiger charge is -2.24. The van der Waals surface area contributed by atoms with Gasteiger partial charge in [0.15, 0.2) is 0 Å². The highest BCUT2D eigenvalue weighted by molar-refractivity contribution is 6.00. The van der Waals surface area contributed by atoms with Crippen molar-refractivity contribution in [1.29, 1.82) is 0 Å². The summed E-state index contributed by atoms with van der Waals surface area (Å²) in [5.41, 5.74) is 1.39. The number of likely N-dealkylation sites (tertiary alicyclic amines) is 1. The Kier molecular flexibility index (Phi) is 3.04. The fourth-order valence-corrected chi connectivity index (χ4v) is 3.73. The molecule has 0 radical (unpaired) electrons. The Labute approximate surface area is 133 Å². The number of aromatic nitrogens is 2. The summed E-state index contributed by atoms with van der Waals surface area (Å²) < 4.78 is 6.92. The number of carbonyl (C=O) groups excluding carboxylic acids is 2. The van der Waals surface area contributed by atoms with Gasteiger partial charge in [0.25, 0.3) is 5.91 Å². The van der Waals surface area contributed by atoms with Crippen molar-refractivity contribution in [3.8, 4) is 0 Å². The predicted octanol–water partition coefficient (Wildman–Crippen LogP) is 1.34. The van der Waals surface area contributed by atoms with E-state index in [0.717, 1.165) is 12.1 Å². The number of aryl methyl sites for hydroxylation is 2. The zero-order valence-electron chi connectivity index (χ0n) is 13.1. The van der Waals surface area contributed by atoms with Crippen molar-refractivity contribution < 1.29 is 14.0 Å². The van der Waals surface area contributed by atoms with Crippen molar-refractivity contribution in [3.05, 3.63) is 36.0 Å². The van der Waals surface area contributed by atoms with Gasteiger partial charge in [-0.1, -0.05) is 0 Å². The third-order valence-electron chi connectivity index (χ3n) is 4.81. The van der Waals surface area contributed by atoms with Crippen LogP contribution < -0.4 is 4.90 Å². The highest BCUT2D eigenvalue weighted by atomic mass is 16.3. The average molecular weight is 314 g/mol. The second kappa shape index (κ2) is 4.97. The lowest BCUT2D eigenvalue weighted by molar-refractivity contribution is -0.117. The molecule has 2 aliphatic rings. The number of rotatable bonds is 2. The quantitative estimate of drug-likeness (QED) is 0.838. The van der Waals surface area contributed by atoms with E-state index in [0.29, 0.717) is 24.3 Å². The molecule has 120 valence electrons. The van der Waals surface area contributed by atoms with Crippen LogP contribution >= 0.6 is 0 Å². The molecule has 23 heavy (non-hydrogen) atoms. The molecule has 7 nitrogen and oxygen atoms in total. The molecule has 7 heteroatoms. The van der Waals surface area contributed by atoms with Crippen molar-refractivity contribution >= 4 is 17.5 Å². The van der Waals surface area contributed by atoms with Crippen LogP contribution in [-0.4, -0.2) is 45.1 Å². The van der Waals surface area contributed by atoms with E-state index in [4.69, 9.17) is 4.42 Å². The fraction of sp³-hybridized carbons (Fsp3) is 0.438. The number of amides is 2. The summed E-state index contributed by atoms with van der Waals surface area (Å²) in [7, 11) is 1.83. The van der Waals surface area contributed by atoms with Gasteiger partial charge in [0.2, 0.25) is 5.91 Å². The van der Waals surface area contributed by atoms with E-state index < -0.39 is 0 Å². The standard InChI is InChI=1S/C16H18N4O3/c1-10-12(4-6-23-10)16(22)19-5-3-13-14(19)7-15(21)20(13)11-8-17-18(2)9-11/h4,6,8-9,13-14H,3,5,7H2,1-2H3/t13-,14+/m1/s1. The molecule has 2 saturated heterocycles. The zero-order chi connectivity index (χ0) is 16.1. The van der Waals surface area contributed by atoms with Crippen LogP contribution in [0.1, 0.15) is 29.0 Å². The number of hydrogen-bond acceptors (Lipinski definition) is 4. The highest BCUT2D eigenvalue weighted by Crippen LogP contribution is 2.36. The van der Waals surface area contributed by atoms with Crippen molar-refractivity contribution in [3.63, 3.8) is 0 Å². The van der Waals surface area contributed by atoms with Gasteiger partial charge >= 0.3 is 0 Å². The Morgan fingerprint density at radius 2 is 2.22 bits per heavy atom. The number of fused-ring (bicyclic) bond motifs is 1. The summed E-state index contributed by atoms with van der Waals surface area (Å²) in [5, 5.41) is 4.15. The molecular weight excluding hydrogens is 296 g/mol. The average Bonchev–Trinajstić information content (AvgIpc) is 3.24. The summed E-state index contributed by atoms with van der Waals surface area (Å²) in [6, 6.07) is 1.65. The van der Waals surface area contributed by atoms with Crippen LogP contribution in [0, 0.1) is 6.92 Å². The van der Waals surface area contributed by atoms with E-state index in [2.05, 4.69) is 5.10 Å². The van der Waals surface area contributed by atoms with Crippen LogP contribution in [-0.2, 0) is 11.8 Å². The zero-order valence-corrected chi connectivity index (χ0v) is 13.1. The van der Waals surface area contributed by atoms with Crippen LogP contribution in [0.3, 0.4) is 0 Å². The maximum Gasteiger partial charge on any atom is 0.257 e. The molecule has 2 aliphatic heterocycles. The Morgan fingerprint density at radius 1 is 1.39 bits per heavy atom. The Hall–Kier alpha value is -2.57. The monoisotopic (exact) mass is 314 g/mol. The first-order valence-electron chi connectivity index (χ1n) is 7.72. The van der Waals surface area contributed by atoms with Gasteiger partial charge in [-0.3, -0.25) is 14.3 Å². The van der Waals surface area contributed by atoms with Crippen LogP contribution in [0.15, 0.2) is 29.1 Å². The van der Waals surface area contributed by atoms with Gasteiger partial charge in [-0.05, 0) is 19.4 Å². The van der Waals surface area contributed by atoms with Crippen LogP contribution in [0.25, 0.3) is 0 Å². The van der Waals surface area contributed by atoms with E-state index in [1.165, 1.54) is 6.26 Å². The van der Waals surface area contributed by atoms with Gasteiger partial charge in [0.05, 0.1) is 35.8 Å². The molecule has 0 aliphatic carbocycles. The maximum atomic E-state index is 12.7. The minimum atomic E-state index is -0.0792. The van der Waals surface area contributed by atoms with Crippen LogP contribution in [0.4, 0.5) is 5.69 Å². The highest BCUT2D eigenvalue weighted by Gasteiger charge is 2.49. The summed E-state index contributed by atoms with van der Waals surface area (Å²) in [5.74, 6) is 0.617. The van der Waals surface area contributed by atoms with Gasteiger partial charge in [0, 0.05) is 26.2 Å². The summed E-state index contributed by atoms with van der Waals surface area (Å²) in [4.78, 5) is 28.8. The summed E-state index contributed by atoms with van der Waals surface area (Å²) in [6.07, 6.45) is 6.21. The van der Waals surface area contributed by atoms with Gasteiger partial charge in [-0.15, -0.1) is 0 Å². The predicted molar refractivity (Wildman–Crippen MR) is 82.0 cm³/mol.